The molecule has 0 saturated carbocycles. The molecule has 0 atom stereocenters. The summed E-state index contributed by atoms with van der Waals surface area (Å²) in [4.78, 5) is 30.1. The molecule has 0 bridgehead atoms. The van der Waals surface area contributed by atoms with Crippen molar-refractivity contribution in [2.75, 3.05) is 0 Å². The third-order valence-corrected chi connectivity index (χ3v) is 1.92. The number of carboxylic acids is 3. The monoisotopic (exact) mass is 396 g/mol. The molecule has 0 aliphatic rings. The molecule has 0 spiro atoms. The summed E-state index contributed by atoms with van der Waals surface area (Å²) >= 11 is 0. The van der Waals surface area contributed by atoms with Crippen molar-refractivity contribution in [3.05, 3.63) is 0 Å². The molecule has 22 heavy (non-hydrogen) atoms. The van der Waals surface area contributed by atoms with Gasteiger partial charge >= 0.3 is 17.9 Å². The summed E-state index contributed by atoms with van der Waals surface area (Å²) in [5.41, 5.74) is -1.75. The van der Waals surface area contributed by atoms with E-state index in [9.17, 15) is 14.4 Å². The van der Waals surface area contributed by atoms with E-state index in [-0.39, 0.29) is 26.2 Å². The molecule has 0 aliphatic carbocycles. The number of carbonyl (C=O) groups is 3. The average molecular weight is 398 g/mol. The minimum atomic E-state index is -0.757. The summed E-state index contributed by atoms with van der Waals surface area (Å²) in [6, 6.07) is 0. The van der Waals surface area contributed by atoms with Gasteiger partial charge in [0.05, 0.1) is 16.2 Å². The number of aliphatic carboxylic acids is 3. The van der Waals surface area contributed by atoms with Crippen LogP contribution in [0, 0.1) is 16.2 Å². The van der Waals surface area contributed by atoms with Crippen LogP contribution in [0.15, 0.2) is 0 Å². The van der Waals surface area contributed by atoms with Crippen LogP contribution in [0.25, 0.3) is 0 Å². The second-order valence-electron chi connectivity index (χ2n) is 7.67. The molecule has 0 aromatic heterocycles. The molecule has 0 radical (unpaired) electrons. The van der Waals surface area contributed by atoms with Crippen molar-refractivity contribution in [1.29, 1.82) is 0 Å². The van der Waals surface area contributed by atoms with Gasteiger partial charge in [-0.25, -0.2) is 0 Å². The Balaban J connectivity index is -0.000000108. The van der Waals surface area contributed by atoms with Crippen LogP contribution in [0.2, 0.25) is 0 Å². The van der Waals surface area contributed by atoms with Crippen LogP contribution in [-0.2, 0) is 40.6 Å². The zero-order valence-corrected chi connectivity index (χ0v) is 17.5. The van der Waals surface area contributed by atoms with Gasteiger partial charge in [0.25, 0.3) is 0 Å². The molecule has 0 amide bonds. The number of carboxylic acid groups (broad SMARTS) is 3. The van der Waals surface area contributed by atoms with Gasteiger partial charge in [0.1, 0.15) is 0 Å². The van der Waals surface area contributed by atoms with E-state index in [0.29, 0.717) is 0 Å². The van der Waals surface area contributed by atoms with E-state index >= 15 is 0 Å². The minimum Gasteiger partial charge on any atom is -0.481 e. The first-order valence-electron chi connectivity index (χ1n) is 6.53. The van der Waals surface area contributed by atoms with Crippen molar-refractivity contribution in [2.45, 2.75) is 62.3 Å². The Hall–Kier alpha value is -0.707. The smallest absolute Gasteiger partial charge is 0.308 e. The van der Waals surface area contributed by atoms with Gasteiger partial charge in [-0.15, -0.1) is 0 Å². The van der Waals surface area contributed by atoms with E-state index in [1.165, 1.54) is 0 Å². The summed E-state index contributed by atoms with van der Waals surface area (Å²) in [7, 11) is 0. The maximum Gasteiger partial charge on any atom is 0.308 e. The van der Waals surface area contributed by atoms with E-state index in [0.717, 1.165) is 0 Å². The summed E-state index contributed by atoms with van der Waals surface area (Å²) < 4.78 is 0. The van der Waals surface area contributed by atoms with E-state index in [2.05, 4.69) is 0 Å². The SMILES string of the molecule is CC(C)(C)C(=O)O.CC(C)(C)C(=O)O.CC(C)(C)C(=O)O.[Zr]. The molecule has 6 nitrogen and oxygen atoms in total. The Labute approximate surface area is 152 Å². The molecule has 3 N–H and O–H groups in total. The normalized spacial score (nSPS) is 10.8. The van der Waals surface area contributed by atoms with Gasteiger partial charge in [0, 0.05) is 26.2 Å². The predicted octanol–water partition coefficient (Wildman–Crippen LogP) is 3.35. The molecule has 0 aromatic carbocycles. The van der Waals surface area contributed by atoms with Gasteiger partial charge in [-0.1, -0.05) is 0 Å². The van der Waals surface area contributed by atoms with Crippen molar-refractivity contribution in [2.24, 2.45) is 16.2 Å². The molecule has 130 valence electrons. The van der Waals surface area contributed by atoms with Crippen LogP contribution < -0.4 is 0 Å². The average Bonchev–Trinajstić information content (AvgIpc) is 2.14. The van der Waals surface area contributed by atoms with E-state index < -0.39 is 34.2 Å². The van der Waals surface area contributed by atoms with Gasteiger partial charge in [0.15, 0.2) is 0 Å². The topological polar surface area (TPSA) is 112 Å². The van der Waals surface area contributed by atoms with Crippen LogP contribution in [0.3, 0.4) is 0 Å². The van der Waals surface area contributed by atoms with Crippen molar-refractivity contribution in [1.82, 2.24) is 0 Å². The fourth-order valence-corrected chi connectivity index (χ4v) is 0. The van der Waals surface area contributed by atoms with Crippen molar-refractivity contribution < 1.29 is 55.9 Å². The third kappa shape index (κ3) is 21.6. The zero-order chi connectivity index (χ0) is 18.2. The van der Waals surface area contributed by atoms with Crippen molar-refractivity contribution >= 4 is 17.9 Å². The Morgan fingerprint density at radius 3 is 0.545 bits per heavy atom. The predicted molar refractivity (Wildman–Crippen MR) is 81.3 cm³/mol. The van der Waals surface area contributed by atoms with Gasteiger partial charge < -0.3 is 15.3 Å². The standard InChI is InChI=1S/3C5H10O2.Zr/c3*1-5(2,3)4(6)7;/h3*1-3H3,(H,6,7);. The van der Waals surface area contributed by atoms with Gasteiger partial charge in [-0.3, -0.25) is 14.4 Å². The molecular formula is C15H30O6Zr. The largest absolute Gasteiger partial charge is 0.481 e. The fraction of sp³-hybridized carbons (Fsp3) is 0.800. The molecule has 0 saturated heterocycles. The Morgan fingerprint density at radius 2 is 0.545 bits per heavy atom. The second-order valence-corrected chi connectivity index (χ2v) is 7.67. The first-order chi connectivity index (χ1) is 8.83. The van der Waals surface area contributed by atoms with E-state index in [1.54, 1.807) is 62.3 Å². The molecule has 0 aromatic rings. The van der Waals surface area contributed by atoms with Crippen LogP contribution in [-0.4, -0.2) is 33.2 Å². The zero-order valence-electron chi connectivity index (χ0n) is 15.1. The van der Waals surface area contributed by atoms with E-state index in [1.807, 2.05) is 0 Å². The maximum absolute atomic E-state index is 10.0. The molecule has 7 heteroatoms. The molecule has 0 fully saturated rings. The summed E-state index contributed by atoms with van der Waals surface area (Å²) in [5, 5.41) is 24.8. The van der Waals surface area contributed by atoms with Crippen LogP contribution >= 0.6 is 0 Å². The van der Waals surface area contributed by atoms with E-state index in [4.69, 9.17) is 15.3 Å². The number of hydrogen-bond acceptors (Lipinski definition) is 3. The Kier molecular flexibility index (Phi) is 14.6. The van der Waals surface area contributed by atoms with Gasteiger partial charge in [0.2, 0.25) is 0 Å². The molecule has 0 unspecified atom stereocenters. The Bertz CT molecular complexity index is 299. The second kappa shape index (κ2) is 10.9. The summed E-state index contributed by atoms with van der Waals surface area (Å²) in [5.74, 6) is -2.27. The van der Waals surface area contributed by atoms with Crippen LogP contribution in [0.4, 0.5) is 0 Å². The maximum atomic E-state index is 10.0. The number of hydrogen-bond donors (Lipinski definition) is 3. The van der Waals surface area contributed by atoms with Crippen molar-refractivity contribution in [3.63, 3.8) is 0 Å². The summed E-state index contributed by atoms with van der Waals surface area (Å²) in [6.07, 6.45) is 0. The molecule has 0 aliphatic heterocycles. The first kappa shape index (κ1) is 29.3. The Morgan fingerprint density at radius 1 is 0.500 bits per heavy atom. The molecule has 0 rings (SSSR count). The van der Waals surface area contributed by atoms with Gasteiger partial charge in [-0.05, 0) is 62.3 Å². The summed E-state index contributed by atoms with van der Waals surface area (Å²) in [6.45, 7) is 15.0. The van der Waals surface area contributed by atoms with Crippen molar-refractivity contribution in [3.8, 4) is 0 Å². The molecular weight excluding hydrogens is 367 g/mol. The quantitative estimate of drug-likeness (QED) is 0.578. The number of rotatable bonds is 0. The minimum absolute atomic E-state index is 0. The first-order valence-corrected chi connectivity index (χ1v) is 6.53. The van der Waals surface area contributed by atoms with Crippen LogP contribution in [0.1, 0.15) is 62.3 Å². The van der Waals surface area contributed by atoms with Gasteiger partial charge in [-0.2, -0.15) is 0 Å². The molecule has 0 heterocycles. The third-order valence-electron chi connectivity index (χ3n) is 1.92. The fourth-order valence-electron chi connectivity index (χ4n) is 0. The van der Waals surface area contributed by atoms with Crippen LogP contribution in [0.5, 0.6) is 0 Å².